The molecule has 0 radical (unpaired) electrons. The molecule has 0 aromatic carbocycles. The molecule has 3 unspecified atom stereocenters. The number of hydrogen-bond donors (Lipinski definition) is 1. The molecule has 1 aromatic heterocycles. The van der Waals surface area contributed by atoms with E-state index in [1.54, 1.807) is 0 Å². The van der Waals surface area contributed by atoms with E-state index in [1.165, 1.54) is 5.69 Å². The highest BCUT2D eigenvalue weighted by atomic mass is 79.9. The van der Waals surface area contributed by atoms with E-state index >= 15 is 0 Å². The molecule has 1 fully saturated rings. The second kappa shape index (κ2) is 5.72. The summed E-state index contributed by atoms with van der Waals surface area (Å²) in [7, 11) is 0. The van der Waals surface area contributed by atoms with Crippen molar-refractivity contribution in [1.29, 1.82) is 0 Å². The van der Waals surface area contributed by atoms with Crippen LogP contribution in [0.15, 0.2) is 4.47 Å². The molecule has 1 saturated heterocycles. The lowest BCUT2D eigenvalue weighted by atomic mass is 9.94. The molecule has 0 saturated carbocycles. The smallest absolute Gasteiger partial charge is 0.0738 e. The van der Waals surface area contributed by atoms with Crippen LogP contribution in [-0.4, -0.2) is 28.5 Å². The van der Waals surface area contributed by atoms with Crippen molar-refractivity contribution in [3.63, 3.8) is 0 Å². The second-order valence-electron chi connectivity index (χ2n) is 5.17. The van der Waals surface area contributed by atoms with Gasteiger partial charge in [0.25, 0.3) is 0 Å². The molecule has 5 heteroatoms. The Hall–Kier alpha value is -0.390. The summed E-state index contributed by atoms with van der Waals surface area (Å²) in [5, 5.41) is 4.51. The average Bonchev–Trinajstić information content (AvgIpc) is 2.88. The molecule has 1 aliphatic rings. The van der Waals surface area contributed by atoms with Gasteiger partial charge in [-0.25, -0.2) is 0 Å². The predicted molar refractivity (Wildman–Crippen MR) is 75.5 cm³/mol. The highest BCUT2D eigenvalue weighted by molar-refractivity contribution is 9.10. The molecule has 18 heavy (non-hydrogen) atoms. The van der Waals surface area contributed by atoms with E-state index in [0.29, 0.717) is 12.0 Å². The Labute approximate surface area is 117 Å². The van der Waals surface area contributed by atoms with Crippen molar-refractivity contribution < 1.29 is 4.74 Å². The first-order valence-corrected chi connectivity index (χ1v) is 7.41. The van der Waals surface area contributed by atoms with Crippen LogP contribution in [-0.2, 0) is 17.7 Å². The van der Waals surface area contributed by atoms with Crippen LogP contribution in [0.2, 0.25) is 0 Å². The second-order valence-corrected chi connectivity index (χ2v) is 5.96. The van der Waals surface area contributed by atoms with Crippen LogP contribution in [0, 0.1) is 12.8 Å². The van der Waals surface area contributed by atoms with Gasteiger partial charge in [0, 0.05) is 24.9 Å². The van der Waals surface area contributed by atoms with Crippen LogP contribution in [0.5, 0.6) is 0 Å². The van der Waals surface area contributed by atoms with Crippen molar-refractivity contribution in [3.05, 3.63) is 15.9 Å². The van der Waals surface area contributed by atoms with Crippen LogP contribution in [0.3, 0.4) is 0 Å². The Morgan fingerprint density at radius 2 is 2.33 bits per heavy atom. The zero-order valence-electron chi connectivity index (χ0n) is 11.3. The number of hydrogen-bond acceptors (Lipinski definition) is 3. The Morgan fingerprint density at radius 1 is 1.61 bits per heavy atom. The Balaban J connectivity index is 2.09. The maximum atomic E-state index is 6.33. The molecule has 102 valence electrons. The number of nitrogens with zero attached hydrogens (tertiary/aromatic N) is 2. The van der Waals surface area contributed by atoms with Gasteiger partial charge >= 0.3 is 0 Å². The van der Waals surface area contributed by atoms with Gasteiger partial charge in [0.05, 0.1) is 28.6 Å². The molecule has 2 rings (SSSR count). The summed E-state index contributed by atoms with van der Waals surface area (Å²) in [5.41, 5.74) is 8.58. The quantitative estimate of drug-likeness (QED) is 0.927. The minimum Gasteiger partial charge on any atom is -0.378 e. The third-order valence-electron chi connectivity index (χ3n) is 3.72. The maximum Gasteiger partial charge on any atom is 0.0738 e. The van der Waals surface area contributed by atoms with Crippen molar-refractivity contribution in [1.82, 2.24) is 9.78 Å². The number of ether oxygens (including phenoxy) is 1. The van der Waals surface area contributed by atoms with Crippen LogP contribution < -0.4 is 5.73 Å². The highest BCUT2D eigenvalue weighted by Crippen LogP contribution is 2.27. The van der Waals surface area contributed by atoms with Gasteiger partial charge in [-0.15, -0.1) is 0 Å². The van der Waals surface area contributed by atoms with E-state index in [0.717, 1.165) is 36.2 Å². The van der Waals surface area contributed by atoms with E-state index in [9.17, 15) is 0 Å². The SMILES string of the molecule is CCn1nc(C)c(Br)c1CC(N)C1COC(C)C1. The predicted octanol–water partition coefficient (Wildman–Crippen LogP) is 2.27. The van der Waals surface area contributed by atoms with Crippen LogP contribution in [0.4, 0.5) is 0 Å². The highest BCUT2D eigenvalue weighted by Gasteiger charge is 2.28. The fourth-order valence-electron chi connectivity index (χ4n) is 2.60. The number of aryl methyl sites for hydroxylation is 2. The summed E-state index contributed by atoms with van der Waals surface area (Å²) in [6.07, 6.45) is 2.27. The lowest BCUT2D eigenvalue weighted by molar-refractivity contribution is 0.118. The molecule has 0 spiro atoms. The normalized spacial score (nSPS) is 25.6. The lowest BCUT2D eigenvalue weighted by Crippen LogP contribution is -2.33. The first-order chi connectivity index (χ1) is 8.52. The Morgan fingerprint density at radius 3 is 2.89 bits per heavy atom. The van der Waals surface area contributed by atoms with Gasteiger partial charge in [-0.05, 0) is 43.1 Å². The standard InChI is InChI=1S/C13H22BrN3O/c1-4-17-12(13(14)9(3)16-17)6-11(15)10-5-8(2)18-7-10/h8,10-11H,4-7,15H2,1-3H3. The van der Waals surface area contributed by atoms with E-state index in [4.69, 9.17) is 10.5 Å². The molecule has 0 aliphatic carbocycles. The maximum absolute atomic E-state index is 6.33. The number of nitrogens with two attached hydrogens (primary N) is 1. The lowest BCUT2D eigenvalue weighted by Gasteiger charge is -2.18. The molecule has 1 aliphatic heterocycles. The third kappa shape index (κ3) is 2.78. The molecular formula is C13H22BrN3O. The van der Waals surface area contributed by atoms with Gasteiger partial charge < -0.3 is 10.5 Å². The van der Waals surface area contributed by atoms with E-state index in [-0.39, 0.29) is 6.04 Å². The summed E-state index contributed by atoms with van der Waals surface area (Å²) >= 11 is 3.62. The minimum absolute atomic E-state index is 0.146. The molecule has 4 nitrogen and oxygen atoms in total. The summed E-state index contributed by atoms with van der Waals surface area (Å²) < 4.78 is 8.75. The summed E-state index contributed by atoms with van der Waals surface area (Å²) in [4.78, 5) is 0. The monoisotopic (exact) mass is 315 g/mol. The summed E-state index contributed by atoms with van der Waals surface area (Å²) in [5.74, 6) is 0.465. The number of aromatic nitrogens is 2. The van der Waals surface area contributed by atoms with E-state index in [2.05, 4.69) is 34.9 Å². The fraction of sp³-hybridized carbons (Fsp3) is 0.769. The zero-order chi connectivity index (χ0) is 13.3. The van der Waals surface area contributed by atoms with Gasteiger partial charge in [-0.3, -0.25) is 4.68 Å². The van der Waals surface area contributed by atoms with Crippen LogP contribution >= 0.6 is 15.9 Å². The van der Waals surface area contributed by atoms with Crippen molar-refractivity contribution in [2.45, 2.75) is 52.3 Å². The molecular weight excluding hydrogens is 294 g/mol. The molecule has 2 N–H and O–H groups in total. The largest absolute Gasteiger partial charge is 0.378 e. The molecule has 1 aromatic rings. The molecule has 3 atom stereocenters. The van der Waals surface area contributed by atoms with Crippen LogP contribution in [0.25, 0.3) is 0 Å². The first-order valence-electron chi connectivity index (χ1n) is 6.61. The zero-order valence-corrected chi connectivity index (χ0v) is 12.9. The van der Waals surface area contributed by atoms with E-state index < -0.39 is 0 Å². The molecule has 0 amide bonds. The topological polar surface area (TPSA) is 53.1 Å². The van der Waals surface area contributed by atoms with Crippen molar-refractivity contribution in [2.75, 3.05) is 6.61 Å². The summed E-state index contributed by atoms with van der Waals surface area (Å²) in [6.45, 7) is 7.91. The van der Waals surface area contributed by atoms with Crippen molar-refractivity contribution >= 4 is 15.9 Å². The minimum atomic E-state index is 0.146. The van der Waals surface area contributed by atoms with Crippen molar-refractivity contribution in [2.24, 2.45) is 11.7 Å². The van der Waals surface area contributed by atoms with Crippen molar-refractivity contribution in [3.8, 4) is 0 Å². The third-order valence-corrected chi connectivity index (χ3v) is 4.75. The summed E-state index contributed by atoms with van der Waals surface area (Å²) in [6, 6.07) is 0.146. The average molecular weight is 316 g/mol. The Bertz CT molecular complexity index is 419. The number of halogens is 1. The molecule has 2 heterocycles. The number of rotatable bonds is 4. The van der Waals surface area contributed by atoms with Gasteiger partial charge in [0.15, 0.2) is 0 Å². The van der Waals surface area contributed by atoms with Crippen LogP contribution in [0.1, 0.15) is 31.7 Å². The molecule has 0 bridgehead atoms. The first kappa shape index (κ1) is 14.0. The van der Waals surface area contributed by atoms with Gasteiger partial charge in [-0.2, -0.15) is 5.10 Å². The fourth-order valence-corrected chi connectivity index (χ4v) is 3.05. The van der Waals surface area contributed by atoms with Gasteiger partial charge in [-0.1, -0.05) is 0 Å². The van der Waals surface area contributed by atoms with Gasteiger partial charge in [0.2, 0.25) is 0 Å². The Kier molecular flexibility index (Phi) is 4.45. The van der Waals surface area contributed by atoms with E-state index in [1.807, 2.05) is 11.6 Å². The van der Waals surface area contributed by atoms with Gasteiger partial charge in [0.1, 0.15) is 0 Å².